The van der Waals surface area contributed by atoms with Gasteiger partial charge in [-0.2, -0.15) is 0 Å². The van der Waals surface area contributed by atoms with Gasteiger partial charge in [-0.1, -0.05) is 45.1 Å². The minimum absolute atomic E-state index is 0.00960. The van der Waals surface area contributed by atoms with E-state index < -0.39 is 79.0 Å². The largest absolute Gasteiger partial charge is 0.462 e. The zero-order chi connectivity index (χ0) is 39.4. The molecule has 13 heteroatoms. The lowest BCUT2D eigenvalue weighted by molar-refractivity contribution is -0.224. The molecule has 0 bridgehead atoms. The Morgan fingerprint density at radius 1 is 0.906 bits per heavy atom. The van der Waals surface area contributed by atoms with E-state index in [1.165, 1.54) is 7.11 Å². The Balaban J connectivity index is 2.12. The molecular formula is C40H68N2O11. The first-order valence-corrected chi connectivity index (χ1v) is 19.4. The maximum absolute atomic E-state index is 13.3. The Kier molecular flexibility index (Phi) is 18.5. The molecule has 0 aromatic heterocycles. The van der Waals surface area contributed by atoms with Crippen LogP contribution in [-0.4, -0.2) is 147 Å². The Labute approximate surface area is 317 Å². The van der Waals surface area contributed by atoms with Gasteiger partial charge in [-0.3, -0.25) is 9.59 Å². The molecule has 1 saturated heterocycles. The number of aliphatic hydroxyl groups excluding tert-OH is 2. The van der Waals surface area contributed by atoms with Gasteiger partial charge < -0.3 is 53.2 Å². The zero-order valence-corrected chi connectivity index (χ0v) is 33.7. The lowest BCUT2D eigenvalue weighted by atomic mass is 9.78. The first kappa shape index (κ1) is 45.2. The van der Waals surface area contributed by atoms with Gasteiger partial charge in [-0.05, 0) is 79.1 Å². The Bertz CT molecular complexity index is 1200. The number of esters is 2. The maximum atomic E-state index is 13.3. The molecule has 1 saturated carbocycles. The lowest BCUT2D eigenvalue weighted by Gasteiger charge is -2.47. The number of ether oxygens (including phenoxy) is 6. The number of aliphatic hydroxyl groups is 2. The topological polar surface area (TPSA) is 154 Å². The number of nitrogens with zero attached hydrogens (tertiary/aromatic N) is 2. The van der Waals surface area contributed by atoms with Crippen molar-refractivity contribution in [2.45, 2.75) is 159 Å². The molecule has 304 valence electrons. The molecule has 0 amide bonds. The van der Waals surface area contributed by atoms with Crippen LogP contribution in [0.2, 0.25) is 0 Å². The molecule has 2 heterocycles. The molecule has 0 unspecified atom stereocenters. The normalized spacial score (nSPS) is 40.7. The summed E-state index contributed by atoms with van der Waals surface area (Å²) >= 11 is 0. The first-order chi connectivity index (χ1) is 25.1. The summed E-state index contributed by atoms with van der Waals surface area (Å²) in [5.74, 6) is -2.03. The SMILES string of the molecule is CCC(=O)O[C@H]1CC(=O)O[C@@H](C)C/C=C/C=C/[C@H](O[C@@H]2C[C@@H](N(C)C)C[C@@H](C)O2)[C@H](C)C[C@H](CC=O)[C@@H](O[C@@H]2C[C@H](C)[C@@H](O)[C@H](N(C)C)[C@H]2O)[C@@H]1OC. The molecule has 0 aromatic carbocycles. The Morgan fingerprint density at radius 2 is 1.62 bits per heavy atom. The highest BCUT2D eigenvalue weighted by Gasteiger charge is 2.48. The number of carbonyl (C=O) groups excluding carboxylic acids is 3. The predicted octanol–water partition coefficient (Wildman–Crippen LogP) is 3.68. The molecule has 0 radical (unpaired) electrons. The van der Waals surface area contributed by atoms with Gasteiger partial charge >= 0.3 is 11.9 Å². The average molecular weight is 753 g/mol. The highest BCUT2D eigenvalue weighted by molar-refractivity contribution is 5.72. The van der Waals surface area contributed by atoms with Crippen molar-refractivity contribution in [2.24, 2.45) is 17.8 Å². The van der Waals surface area contributed by atoms with Gasteiger partial charge in [-0.25, -0.2) is 0 Å². The molecule has 13 nitrogen and oxygen atoms in total. The molecule has 3 rings (SSSR count). The summed E-state index contributed by atoms with van der Waals surface area (Å²) in [5.41, 5.74) is 0. The molecule has 0 aromatic rings. The smallest absolute Gasteiger partial charge is 0.309 e. The summed E-state index contributed by atoms with van der Waals surface area (Å²) in [6, 6.07) is -0.331. The molecule has 0 spiro atoms. The van der Waals surface area contributed by atoms with E-state index in [0.717, 1.165) is 12.7 Å². The van der Waals surface area contributed by atoms with E-state index in [1.807, 2.05) is 31.2 Å². The molecule has 2 aliphatic heterocycles. The van der Waals surface area contributed by atoms with Crippen molar-refractivity contribution in [3.63, 3.8) is 0 Å². The van der Waals surface area contributed by atoms with Crippen LogP contribution >= 0.6 is 0 Å². The van der Waals surface area contributed by atoms with Crippen LogP contribution in [0.15, 0.2) is 24.3 Å². The van der Waals surface area contributed by atoms with E-state index in [-0.39, 0.29) is 43.2 Å². The van der Waals surface area contributed by atoms with Crippen molar-refractivity contribution in [3.05, 3.63) is 24.3 Å². The van der Waals surface area contributed by atoms with Crippen molar-refractivity contribution in [1.29, 1.82) is 0 Å². The fourth-order valence-corrected chi connectivity index (χ4v) is 8.02. The minimum Gasteiger partial charge on any atom is -0.462 e. The van der Waals surface area contributed by atoms with Crippen LogP contribution in [-0.2, 0) is 42.8 Å². The second kappa shape index (κ2) is 21.8. The molecule has 2 fully saturated rings. The van der Waals surface area contributed by atoms with Crippen molar-refractivity contribution < 1.29 is 53.0 Å². The monoisotopic (exact) mass is 752 g/mol. The second-order valence-corrected chi connectivity index (χ2v) is 15.9. The van der Waals surface area contributed by atoms with Crippen molar-refractivity contribution in [2.75, 3.05) is 35.3 Å². The fourth-order valence-electron chi connectivity index (χ4n) is 8.02. The number of cyclic esters (lactones) is 1. The van der Waals surface area contributed by atoms with E-state index in [4.69, 9.17) is 28.4 Å². The van der Waals surface area contributed by atoms with Crippen LogP contribution in [0.4, 0.5) is 0 Å². The third-order valence-corrected chi connectivity index (χ3v) is 11.0. The van der Waals surface area contributed by atoms with Gasteiger partial charge in [0.05, 0.1) is 49.1 Å². The van der Waals surface area contributed by atoms with Gasteiger partial charge in [-0.15, -0.1) is 0 Å². The zero-order valence-electron chi connectivity index (χ0n) is 33.7. The highest BCUT2D eigenvalue weighted by Crippen LogP contribution is 2.37. The Hall–Kier alpha value is -2.23. The summed E-state index contributed by atoms with van der Waals surface area (Å²) in [5, 5.41) is 22.7. The molecule has 53 heavy (non-hydrogen) atoms. The fraction of sp³-hybridized carbons (Fsp3) is 0.825. The van der Waals surface area contributed by atoms with E-state index in [1.54, 1.807) is 32.8 Å². The summed E-state index contributed by atoms with van der Waals surface area (Å²) in [6.07, 6.45) is 4.10. The Morgan fingerprint density at radius 3 is 2.25 bits per heavy atom. The summed E-state index contributed by atoms with van der Waals surface area (Å²) in [4.78, 5) is 42.6. The van der Waals surface area contributed by atoms with Gasteiger partial charge in [0.2, 0.25) is 0 Å². The highest BCUT2D eigenvalue weighted by atomic mass is 16.7. The van der Waals surface area contributed by atoms with Crippen LogP contribution in [0.25, 0.3) is 0 Å². The van der Waals surface area contributed by atoms with Crippen LogP contribution in [0, 0.1) is 17.8 Å². The molecule has 2 N–H and O–H groups in total. The minimum atomic E-state index is -1.12. The standard InChI is InChI=1S/C40H68N2O11/c1-11-33(44)51-32-23-34(45)49-26(4)15-13-12-14-16-30(52-35-22-29(41(6)7)21-27(5)50-35)24(2)19-28(17-18-43)39(40(32)48-10)53-31-20-25(3)37(46)36(38(31)47)42(8)9/h12-14,16,18,24-32,35-40,46-47H,11,15,17,19-23H2,1-10H3/b13-12+,16-14+/t24-,25+,26+,27-,28+,29+,30+,31-,32+,35-,36+,37-,38+,39-,40-/m1/s1. The summed E-state index contributed by atoms with van der Waals surface area (Å²) < 4.78 is 37.6. The number of hydrogen-bond acceptors (Lipinski definition) is 13. The van der Waals surface area contributed by atoms with E-state index in [2.05, 4.69) is 32.8 Å². The van der Waals surface area contributed by atoms with Crippen LogP contribution in [0.3, 0.4) is 0 Å². The maximum Gasteiger partial charge on any atom is 0.309 e. The van der Waals surface area contributed by atoms with Gasteiger partial charge in [0.15, 0.2) is 6.29 Å². The van der Waals surface area contributed by atoms with Crippen molar-refractivity contribution in [1.82, 2.24) is 9.80 Å². The van der Waals surface area contributed by atoms with Crippen LogP contribution in [0.5, 0.6) is 0 Å². The molecule has 15 atom stereocenters. The first-order valence-electron chi connectivity index (χ1n) is 19.4. The van der Waals surface area contributed by atoms with Crippen LogP contribution in [0.1, 0.15) is 86.0 Å². The number of allylic oxidation sites excluding steroid dienone is 2. The third kappa shape index (κ3) is 13.2. The van der Waals surface area contributed by atoms with Crippen LogP contribution < -0.4 is 0 Å². The van der Waals surface area contributed by atoms with Crippen molar-refractivity contribution >= 4 is 18.2 Å². The van der Waals surface area contributed by atoms with Gasteiger partial charge in [0, 0.05) is 38.8 Å². The lowest BCUT2D eigenvalue weighted by Crippen LogP contribution is -2.61. The second-order valence-electron chi connectivity index (χ2n) is 15.9. The van der Waals surface area contributed by atoms with E-state index >= 15 is 0 Å². The predicted molar refractivity (Wildman–Crippen MR) is 200 cm³/mol. The molecule has 1 aliphatic carbocycles. The molecular weight excluding hydrogens is 684 g/mol. The number of methoxy groups -OCH3 is 1. The van der Waals surface area contributed by atoms with Gasteiger partial charge in [0.25, 0.3) is 0 Å². The van der Waals surface area contributed by atoms with Gasteiger partial charge in [0.1, 0.15) is 24.6 Å². The third-order valence-electron chi connectivity index (χ3n) is 11.0. The number of carbonyl (C=O) groups is 3. The quantitative estimate of drug-likeness (QED) is 0.233. The average Bonchev–Trinajstić information content (AvgIpc) is 3.08. The summed E-state index contributed by atoms with van der Waals surface area (Å²) in [7, 11) is 9.16. The number of rotatable bonds is 11. The summed E-state index contributed by atoms with van der Waals surface area (Å²) in [6.45, 7) is 9.46. The van der Waals surface area contributed by atoms with E-state index in [9.17, 15) is 24.6 Å². The number of aldehydes is 1. The van der Waals surface area contributed by atoms with E-state index in [0.29, 0.717) is 25.7 Å². The number of hydrogen-bond donors (Lipinski definition) is 2. The number of likely N-dealkylation sites (N-methyl/N-ethyl adjacent to an activating group) is 1. The van der Waals surface area contributed by atoms with Crippen molar-refractivity contribution in [3.8, 4) is 0 Å². The molecule has 3 aliphatic rings.